The molecule has 1 aromatic heterocycles. The molecule has 0 aliphatic heterocycles. The molecule has 15 heavy (non-hydrogen) atoms. The van der Waals surface area contributed by atoms with E-state index in [0.717, 1.165) is 23.1 Å². The molecule has 0 saturated heterocycles. The minimum absolute atomic E-state index is 0.886. The van der Waals surface area contributed by atoms with Crippen LogP contribution in [0, 0.1) is 5.92 Å². The smallest absolute Gasteiger partial charge is 0.183 e. The number of para-hydroxylation sites is 1. The summed E-state index contributed by atoms with van der Waals surface area (Å²) in [6.45, 7) is 1.10. The van der Waals surface area contributed by atoms with Gasteiger partial charge >= 0.3 is 0 Å². The summed E-state index contributed by atoms with van der Waals surface area (Å²) in [5, 5.41) is 4.52. The molecule has 3 rings (SSSR count). The van der Waals surface area contributed by atoms with Gasteiger partial charge in [-0.25, -0.2) is 4.98 Å². The van der Waals surface area contributed by atoms with Gasteiger partial charge in [0.1, 0.15) is 0 Å². The Morgan fingerprint density at radius 2 is 2.20 bits per heavy atom. The van der Waals surface area contributed by atoms with Crippen LogP contribution in [0.25, 0.3) is 10.2 Å². The van der Waals surface area contributed by atoms with Crippen molar-refractivity contribution in [3.05, 3.63) is 24.3 Å². The lowest BCUT2D eigenvalue weighted by Crippen LogP contribution is -2.20. The van der Waals surface area contributed by atoms with E-state index in [1.807, 2.05) is 6.07 Å². The van der Waals surface area contributed by atoms with Crippen LogP contribution in [0.3, 0.4) is 0 Å². The van der Waals surface area contributed by atoms with Gasteiger partial charge < -0.3 is 5.32 Å². The van der Waals surface area contributed by atoms with Crippen LogP contribution in [0.15, 0.2) is 24.3 Å². The molecule has 0 atom stereocenters. The predicted molar refractivity (Wildman–Crippen MR) is 65.5 cm³/mol. The van der Waals surface area contributed by atoms with Crippen molar-refractivity contribution in [1.29, 1.82) is 0 Å². The van der Waals surface area contributed by atoms with Crippen LogP contribution in [-0.4, -0.2) is 11.5 Å². The second-order valence-corrected chi connectivity index (χ2v) is 5.20. The quantitative estimate of drug-likeness (QED) is 0.852. The number of hydrogen-bond donors (Lipinski definition) is 1. The highest BCUT2D eigenvalue weighted by atomic mass is 32.1. The first kappa shape index (κ1) is 9.16. The van der Waals surface area contributed by atoms with Gasteiger partial charge in [-0.15, -0.1) is 0 Å². The fourth-order valence-electron chi connectivity index (χ4n) is 1.88. The van der Waals surface area contributed by atoms with Crippen LogP contribution >= 0.6 is 11.3 Å². The van der Waals surface area contributed by atoms with Crippen LogP contribution in [0.5, 0.6) is 0 Å². The Balaban J connectivity index is 1.73. The van der Waals surface area contributed by atoms with Crippen molar-refractivity contribution in [2.75, 3.05) is 11.9 Å². The molecule has 78 valence electrons. The molecule has 3 heteroatoms. The molecule has 1 N–H and O–H groups in total. The molecule has 0 spiro atoms. The fourth-order valence-corrected chi connectivity index (χ4v) is 2.75. The lowest BCUT2D eigenvalue weighted by atomic mass is 9.86. The minimum Gasteiger partial charge on any atom is -0.361 e. The Morgan fingerprint density at radius 1 is 1.33 bits per heavy atom. The van der Waals surface area contributed by atoms with E-state index in [9.17, 15) is 0 Å². The van der Waals surface area contributed by atoms with Gasteiger partial charge in [0.2, 0.25) is 0 Å². The molecule has 1 aliphatic carbocycles. The average Bonchev–Trinajstić information content (AvgIpc) is 2.57. The highest BCUT2D eigenvalue weighted by molar-refractivity contribution is 7.22. The summed E-state index contributed by atoms with van der Waals surface area (Å²) in [6, 6.07) is 8.30. The molecule has 1 fully saturated rings. The number of nitrogens with one attached hydrogen (secondary N) is 1. The van der Waals surface area contributed by atoms with Crippen molar-refractivity contribution >= 4 is 26.7 Å². The number of benzene rings is 1. The number of hydrogen-bond acceptors (Lipinski definition) is 3. The van der Waals surface area contributed by atoms with Crippen LogP contribution in [-0.2, 0) is 0 Å². The molecule has 1 heterocycles. The molecule has 1 aliphatic rings. The monoisotopic (exact) mass is 218 g/mol. The van der Waals surface area contributed by atoms with Gasteiger partial charge in [0.05, 0.1) is 10.2 Å². The highest BCUT2D eigenvalue weighted by Gasteiger charge is 2.17. The Bertz CT molecular complexity index is 426. The Hall–Kier alpha value is -1.09. The second kappa shape index (κ2) is 3.81. The number of rotatable bonds is 3. The Kier molecular flexibility index (Phi) is 2.33. The lowest BCUT2D eigenvalue weighted by molar-refractivity contribution is 0.333. The van der Waals surface area contributed by atoms with E-state index in [2.05, 4.69) is 28.5 Å². The van der Waals surface area contributed by atoms with Gasteiger partial charge in [0.25, 0.3) is 0 Å². The third-order valence-corrected chi connectivity index (χ3v) is 4.05. The largest absolute Gasteiger partial charge is 0.361 e. The minimum atomic E-state index is 0.886. The lowest BCUT2D eigenvalue weighted by Gasteiger charge is -2.25. The maximum atomic E-state index is 4.55. The summed E-state index contributed by atoms with van der Waals surface area (Å²) >= 11 is 1.75. The molecule has 0 bridgehead atoms. The van der Waals surface area contributed by atoms with Crippen molar-refractivity contribution < 1.29 is 0 Å². The molecule has 2 nitrogen and oxygen atoms in total. The summed E-state index contributed by atoms with van der Waals surface area (Å²) in [6.07, 6.45) is 4.18. The highest BCUT2D eigenvalue weighted by Crippen LogP contribution is 2.29. The predicted octanol–water partition coefficient (Wildman–Crippen LogP) is 3.51. The normalized spacial score (nSPS) is 16.5. The van der Waals surface area contributed by atoms with Gasteiger partial charge in [-0.1, -0.05) is 29.9 Å². The van der Waals surface area contributed by atoms with Gasteiger partial charge in [-0.05, 0) is 30.9 Å². The van der Waals surface area contributed by atoms with Crippen LogP contribution in [0.4, 0.5) is 5.13 Å². The fraction of sp³-hybridized carbons (Fsp3) is 0.417. The summed E-state index contributed by atoms with van der Waals surface area (Å²) in [5.74, 6) is 0.886. The van der Waals surface area contributed by atoms with Crippen LogP contribution < -0.4 is 5.32 Å². The number of nitrogens with zero attached hydrogens (tertiary/aromatic N) is 1. The standard InChI is InChI=1S/C12H14N2S/c1-2-7-11-10(6-1)14-12(15-11)13-8-9-4-3-5-9/h1-2,6-7,9H,3-5,8H2,(H,13,14). The van der Waals surface area contributed by atoms with E-state index in [1.165, 1.54) is 24.0 Å². The molecule has 0 unspecified atom stereocenters. The number of fused-ring (bicyclic) bond motifs is 1. The van der Waals surface area contributed by atoms with Gasteiger partial charge in [0, 0.05) is 6.54 Å². The van der Waals surface area contributed by atoms with Crippen molar-refractivity contribution in [2.24, 2.45) is 5.92 Å². The SMILES string of the molecule is c1ccc2sc(NCC3CCC3)nc2c1. The number of aromatic nitrogens is 1. The molecule has 1 aromatic carbocycles. The first-order valence-electron chi connectivity index (χ1n) is 5.51. The summed E-state index contributed by atoms with van der Waals surface area (Å²) in [5.41, 5.74) is 1.11. The van der Waals surface area contributed by atoms with Crippen molar-refractivity contribution in [1.82, 2.24) is 4.98 Å². The molecular weight excluding hydrogens is 204 g/mol. The van der Waals surface area contributed by atoms with Crippen molar-refractivity contribution in [3.63, 3.8) is 0 Å². The Morgan fingerprint density at radius 3 is 2.93 bits per heavy atom. The molecule has 0 amide bonds. The van der Waals surface area contributed by atoms with E-state index >= 15 is 0 Å². The van der Waals surface area contributed by atoms with Crippen LogP contribution in [0.1, 0.15) is 19.3 Å². The second-order valence-electron chi connectivity index (χ2n) is 4.16. The van der Waals surface area contributed by atoms with Gasteiger partial charge in [0.15, 0.2) is 5.13 Å². The summed E-state index contributed by atoms with van der Waals surface area (Å²) < 4.78 is 1.27. The van der Waals surface area contributed by atoms with E-state index in [1.54, 1.807) is 11.3 Å². The topological polar surface area (TPSA) is 24.9 Å². The zero-order valence-corrected chi connectivity index (χ0v) is 9.39. The van der Waals surface area contributed by atoms with E-state index in [4.69, 9.17) is 0 Å². The first-order chi connectivity index (χ1) is 7.42. The van der Waals surface area contributed by atoms with E-state index < -0.39 is 0 Å². The third kappa shape index (κ3) is 1.84. The number of thiazole rings is 1. The summed E-state index contributed by atoms with van der Waals surface area (Å²) in [7, 11) is 0. The zero-order chi connectivity index (χ0) is 10.1. The van der Waals surface area contributed by atoms with Crippen LogP contribution in [0.2, 0.25) is 0 Å². The zero-order valence-electron chi connectivity index (χ0n) is 8.57. The average molecular weight is 218 g/mol. The first-order valence-corrected chi connectivity index (χ1v) is 6.33. The number of anilines is 1. The van der Waals surface area contributed by atoms with E-state index in [0.29, 0.717) is 0 Å². The van der Waals surface area contributed by atoms with Gasteiger partial charge in [-0.3, -0.25) is 0 Å². The van der Waals surface area contributed by atoms with Crippen molar-refractivity contribution in [3.8, 4) is 0 Å². The Labute approximate surface area is 93.3 Å². The molecular formula is C12H14N2S. The maximum absolute atomic E-state index is 4.55. The molecule has 0 radical (unpaired) electrons. The van der Waals surface area contributed by atoms with E-state index in [-0.39, 0.29) is 0 Å². The van der Waals surface area contributed by atoms with Crippen molar-refractivity contribution in [2.45, 2.75) is 19.3 Å². The summed E-state index contributed by atoms with van der Waals surface area (Å²) in [4.78, 5) is 4.55. The molecule has 1 saturated carbocycles. The molecule has 2 aromatic rings. The van der Waals surface area contributed by atoms with Gasteiger partial charge in [-0.2, -0.15) is 0 Å². The maximum Gasteiger partial charge on any atom is 0.183 e. The third-order valence-electron chi connectivity index (χ3n) is 3.06.